The first-order valence-electron chi connectivity index (χ1n) is 4.74. The zero-order chi connectivity index (χ0) is 12.0. The summed E-state index contributed by atoms with van der Waals surface area (Å²) in [6.45, 7) is 0. The van der Waals surface area contributed by atoms with E-state index in [9.17, 15) is 14.3 Å². The van der Waals surface area contributed by atoms with E-state index >= 15 is 0 Å². The maximum atomic E-state index is 13.3. The van der Waals surface area contributed by atoms with Gasteiger partial charge in [0.1, 0.15) is 11.4 Å². The molecule has 0 fully saturated rings. The number of aromatic nitrogens is 1. The van der Waals surface area contributed by atoms with Crippen LogP contribution in [0.2, 0.25) is 0 Å². The number of hydrogen-bond acceptors (Lipinski definition) is 4. The quantitative estimate of drug-likeness (QED) is 0.677. The molecule has 5 nitrogen and oxygen atoms in total. The van der Waals surface area contributed by atoms with Gasteiger partial charge < -0.3 is 13.9 Å². The zero-order valence-corrected chi connectivity index (χ0v) is 8.36. The van der Waals surface area contributed by atoms with Gasteiger partial charge in [0.15, 0.2) is 0 Å². The van der Waals surface area contributed by atoms with E-state index in [1.807, 2.05) is 0 Å². The monoisotopic (exact) mass is 235 g/mol. The van der Waals surface area contributed by atoms with Crippen molar-refractivity contribution < 1.29 is 18.3 Å². The molecule has 1 aromatic carbocycles. The number of rotatable bonds is 1. The molecule has 3 rings (SSSR count). The van der Waals surface area contributed by atoms with Gasteiger partial charge in [-0.25, -0.2) is 9.18 Å². The second kappa shape index (κ2) is 3.24. The molecule has 0 aliphatic heterocycles. The van der Waals surface area contributed by atoms with Gasteiger partial charge in [0.25, 0.3) is 0 Å². The minimum absolute atomic E-state index is 0.144. The van der Waals surface area contributed by atoms with Crippen LogP contribution < -0.4 is 5.76 Å². The molecule has 0 saturated heterocycles. The molecule has 0 bridgehead atoms. The van der Waals surface area contributed by atoms with Gasteiger partial charge >= 0.3 is 5.76 Å². The van der Waals surface area contributed by atoms with Crippen LogP contribution in [0.15, 0.2) is 38.1 Å². The molecule has 0 unspecified atom stereocenters. The lowest BCUT2D eigenvalue weighted by atomic mass is 10.1. The number of oxazole rings is 1. The highest BCUT2D eigenvalue weighted by atomic mass is 19.1. The second-order valence-corrected chi connectivity index (χ2v) is 3.48. The normalized spacial score (nSPS) is 11.1. The highest BCUT2D eigenvalue weighted by Crippen LogP contribution is 2.33. The zero-order valence-electron chi connectivity index (χ0n) is 8.36. The first kappa shape index (κ1) is 9.71. The lowest BCUT2D eigenvalue weighted by Gasteiger charge is -1.99. The number of furan rings is 1. The SMILES string of the molecule is O=c1[nH]c(O)c(-c2cc(F)cc3ccoc23)o1. The Morgan fingerprint density at radius 3 is 2.88 bits per heavy atom. The lowest BCUT2D eigenvalue weighted by molar-refractivity contribution is 0.452. The molecular formula is C11H6FNO4. The smallest absolute Gasteiger partial charge is 0.419 e. The van der Waals surface area contributed by atoms with E-state index in [1.54, 1.807) is 6.07 Å². The summed E-state index contributed by atoms with van der Waals surface area (Å²) in [6.07, 6.45) is 1.38. The minimum atomic E-state index is -0.818. The van der Waals surface area contributed by atoms with Crippen molar-refractivity contribution in [1.29, 1.82) is 0 Å². The molecular weight excluding hydrogens is 229 g/mol. The number of benzene rings is 1. The number of H-pyrrole nitrogens is 1. The standard InChI is InChI=1S/C11H6FNO4/c12-6-3-5-1-2-16-8(5)7(4-6)9-10(14)13-11(15)17-9/h1-4,14H,(H,13,15). The van der Waals surface area contributed by atoms with E-state index in [-0.39, 0.29) is 11.3 Å². The third-order valence-electron chi connectivity index (χ3n) is 2.39. The van der Waals surface area contributed by atoms with Crippen LogP contribution in [0, 0.1) is 5.82 Å². The summed E-state index contributed by atoms with van der Waals surface area (Å²) in [4.78, 5) is 13.0. The van der Waals surface area contributed by atoms with E-state index in [2.05, 4.69) is 4.98 Å². The van der Waals surface area contributed by atoms with Gasteiger partial charge in [-0.15, -0.1) is 0 Å². The highest BCUT2D eigenvalue weighted by molar-refractivity contribution is 5.92. The number of aromatic amines is 1. The Morgan fingerprint density at radius 2 is 2.18 bits per heavy atom. The van der Waals surface area contributed by atoms with Crippen molar-refractivity contribution in [1.82, 2.24) is 4.98 Å². The first-order chi connectivity index (χ1) is 8.15. The van der Waals surface area contributed by atoms with Crippen molar-refractivity contribution in [3.05, 3.63) is 40.8 Å². The van der Waals surface area contributed by atoms with E-state index in [0.29, 0.717) is 11.0 Å². The van der Waals surface area contributed by atoms with E-state index in [0.717, 1.165) is 6.07 Å². The van der Waals surface area contributed by atoms with Gasteiger partial charge in [-0.2, -0.15) is 0 Å². The predicted molar refractivity (Wildman–Crippen MR) is 56.2 cm³/mol. The molecule has 6 heteroatoms. The van der Waals surface area contributed by atoms with Gasteiger partial charge in [0.2, 0.25) is 11.6 Å². The summed E-state index contributed by atoms with van der Waals surface area (Å²) in [5.41, 5.74) is 0.519. The number of aromatic hydroxyl groups is 1. The van der Waals surface area contributed by atoms with Crippen LogP contribution in [0.1, 0.15) is 0 Å². The fourth-order valence-corrected chi connectivity index (χ4v) is 1.72. The maximum Gasteiger partial charge on any atom is 0.419 e. The molecule has 0 spiro atoms. The summed E-state index contributed by atoms with van der Waals surface area (Å²) < 4.78 is 23.3. The summed E-state index contributed by atoms with van der Waals surface area (Å²) in [5, 5.41) is 9.98. The molecule has 3 aromatic rings. The predicted octanol–water partition coefficient (Wildman–Crippen LogP) is 2.23. The number of nitrogens with one attached hydrogen (secondary N) is 1. The van der Waals surface area contributed by atoms with Crippen molar-refractivity contribution in [3.8, 4) is 17.2 Å². The van der Waals surface area contributed by atoms with Crippen LogP contribution in [0.4, 0.5) is 4.39 Å². The molecule has 0 aliphatic carbocycles. The second-order valence-electron chi connectivity index (χ2n) is 3.48. The van der Waals surface area contributed by atoms with Gasteiger partial charge in [-0.3, -0.25) is 4.98 Å². The Bertz CT molecular complexity index is 752. The Balaban J connectivity index is 2.40. The van der Waals surface area contributed by atoms with Crippen molar-refractivity contribution in [2.45, 2.75) is 0 Å². The van der Waals surface area contributed by atoms with Crippen LogP contribution in [0.3, 0.4) is 0 Å². The molecule has 0 atom stereocenters. The molecule has 2 N–H and O–H groups in total. The molecule has 17 heavy (non-hydrogen) atoms. The van der Waals surface area contributed by atoms with Gasteiger partial charge in [-0.1, -0.05) is 0 Å². The Labute approximate surface area is 93.1 Å². The summed E-state index contributed by atoms with van der Waals surface area (Å²) in [5.74, 6) is -1.94. The summed E-state index contributed by atoms with van der Waals surface area (Å²) in [6, 6.07) is 3.98. The summed E-state index contributed by atoms with van der Waals surface area (Å²) in [7, 11) is 0. The highest BCUT2D eigenvalue weighted by Gasteiger charge is 2.17. The number of halogens is 1. The fourth-order valence-electron chi connectivity index (χ4n) is 1.72. The molecule has 0 saturated carbocycles. The van der Waals surface area contributed by atoms with Crippen LogP contribution in [0.5, 0.6) is 5.88 Å². The lowest BCUT2D eigenvalue weighted by Crippen LogP contribution is -1.92. The van der Waals surface area contributed by atoms with E-state index < -0.39 is 17.5 Å². The first-order valence-corrected chi connectivity index (χ1v) is 4.74. The molecule has 0 amide bonds. The minimum Gasteiger partial charge on any atom is -0.492 e. The molecule has 0 radical (unpaired) electrons. The average molecular weight is 235 g/mol. The van der Waals surface area contributed by atoms with Gasteiger partial charge in [0, 0.05) is 5.39 Å². The van der Waals surface area contributed by atoms with Crippen LogP contribution >= 0.6 is 0 Å². The van der Waals surface area contributed by atoms with E-state index in [1.165, 1.54) is 12.3 Å². The maximum absolute atomic E-state index is 13.3. The topological polar surface area (TPSA) is 79.4 Å². The van der Waals surface area contributed by atoms with E-state index in [4.69, 9.17) is 8.83 Å². The third kappa shape index (κ3) is 1.42. The number of fused-ring (bicyclic) bond motifs is 1. The van der Waals surface area contributed by atoms with Gasteiger partial charge in [0.05, 0.1) is 11.8 Å². The Kier molecular flexibility index (Phi) is 1.85. The molecule has 0 aliphatic rings. The Morgan fingerprint density at radius 1 is 1.35 bits per heavy atom. The van der Waals surface area contributed by atoms with Gasteiger partial charge in [-0.05, 0) is 18.2 Å². The van der Waals surface area contributed by atoms with Crippen LogP contribution in [0.25, 0.3) is 22.3 Å². The third-order valence-corrected chi connectivity index (χ3v) is 2.39. The molecule has 2 aromatic heterocycles. The van der Waals surface area contributed by atoms with Crippen LogP contribution in [-0.4, -0.2) is 10.1 Å². The fraction of sp³-hybridized carbons (Fsp3) is 0. The molecule has 2 heterocycles. The molecule has 86 valence electrons. The largest absolute Gasteiger partial charge is 0.492 e. The van der Waals surface area contributed by atoms with Crippen molar-refractivity contribution in [2.75, 3.05) is 0 Å². The number of hydrogen-bond donors (Lipinski definition) is 2. The average Bonchev–Trinajstić information content (AvgIpc) is 2.83. The summed E-state index contributed by atoms with van der Waals surface area (Å²) >= 11 is 0. The van der Waals surface area contributed by atoms with Crippen molar-refractivity contribution in [3.63, 3.8) is 0 Å². The van der Waals surface area contributed by atoms with Crippen LogP contribution in [-0.2, 0) is 0 Å². The van der Waals surface area contributed by atoms with Crippen molar-refractivity contribution in [2.24, 2.45) is 0 Å². The Hall–Kier alpha value is -2.50. The van der Waals surface area contributed by atoms with Crippen molar-refractivity contribution >= 4 is 11.0 Å².